The minimum absolute atomic E-state index is 0.0437. The maximum Gasteiger partial charge on any atom is 0.234 e. The van der Waals surface area contributed by atoms with Crippen LogP contribution in [-0.4, -0.2) is 55.2 Å². The summed E-state index contributed by atoms with van der Waals surface area (Å²) in [6, 6.07) is 8.08. The maximum atomic E-state index is 12.1. The van der Waals surface area contributed by atoms with Crippen molar-refractivity contribution < 1.29 is 14.4 Å². The molecule has 0 atom stereocenters. The predicted molar refractivity (Wildman–Crippen MR) is 100 cm³/mol. The van der Waals surface area contributed by atoms with Crippen molar-refractivity contribution in [3.05, 3.63) is 29.8 Å². The van der Waals surface area contributed by atoms with Crippen molar-refractivity contribution in [3.8, 4) is 0 Å². The summed E-state index contributed by atoms with van der Waals surface area (Å²) in [6.45, 7) is 4.78. The second kappa shape index (κ2) is 9.14. The molecule has 0 spiro atoms. The average Bonchev–Trinajstić information content (AvgIpc) is 3.11. The molecule has 1 aliphatic rings. The lowest BCUT2D eigenvalue weighted by Crippen LogP contribution is -3.12. The number of rotatable bonds is 7. The highest BCUT2D eigenvalue weighted by molar-refractivity contribution is 8.01. The van der Waals surface area contributed by atoms with Crippen LogP contribution in [-0.2, 0) is 16.1 Å². The minimum atomic E-state index is -0.0437. The lowest BCUT2D eigenvalue weighted by molar-refractivity contribution is -0.921. The smallest absolute Gasteiger partial charge is 0.234 e. The molecule has 0 bridgehead atoms. The molecule has 134 valence electrons. The lowest BCUT2D eigenvalue weighted by Gasteiger charge is -2.23. The zero-order chi connectivity index (χ0) is 17.5. The molecule has 9 heteroatoms. The monoisotopic (exact) mass is 380 g/mol. The van der Waals surface area contributed by atoms with Gasteiger partial charge in [-0.1, -0.05) is 35.2 Å². The summed E-state index contributed by atoms with van der Waals surface area (Å²) in [7, 11) is 1.80. The van der Waals surface area contributed by atoms with Crippen molar-refractivity contribution in [1.82, 2.24) is 10.2 Å². The molecule has 1 aromatic carbocycles. The first-order valence-electron chi connectivity index (χ1n) is 8.17. The number of ether oxygens (including phenoxy) is 1. The number of anilines is 2. The summed E-state index contributed by atoms with van der Waals surface area (Å²) >= 11 is 2.83. The van der Waals surface area contributed by atoms with Crippen molar-refractivity contribution in [2.75, 3.05) is 49.7 Å². The zero-order valence-corrected chi connectivity index (χ0v) is 15.7. The van der Waals surface area contributed by atoms with E-state index >= 15 is 0 Å². The molecule has 0 aliphatic carbocycles. The Morgan fingerprint density at radius 3 is 2.72 bits per heavy atom. The van der Waals surface area contributed by atoms with E-state index in [1.54, 1.807) is 7.05 Å². The Labute approximate surface area is 155 Å². The van der Waals surface area contributed by atoms with E-state index in [1.807, 2.05) is 12.1 Å². The van der Waals surface area contributed by atoms with Gasteiger partial charge in [-0.25, -0.2) is 0 Å². The number of amides is 1. The number of benzene rings is 1. The summed E-state index contributed by atoms with van der Waals surface area (Å²) in [5, 5.41) is 14.6. The molecule has 1 amide bonds. The fourth-order valence-electron chi connectivity index (χ4n) is 2.52. The van der Waals surface area contributed by atoms with Crippen LogP contribution < -0.4 is 15.5 Å². The van der Waals surface area contributed by atoms with Crippen molar-refractivity contribution in [1.29, 1.82) is 0 Å². The fraction of sp³-hybridized carbons (Fsp3) is 0.438. The van der Waals surface area contributed by atoms with Crippen LogP contribution in [0.1, 0.15) is 5.56 Å². The Bertz CT molecular complexity index is 686. The fourth-order valence-corrected chi connectivity index (χ4v) is 4.03. The number of carbonyl (C=O) groups excluding carboxylic acids is 1. The molecule has 1 fully saturated rings. The van der Waals surface area contributed by atoms with Gasteiger partial charge in [0.05, 0.1) is 19.0 Å². The number of quaternary nitrogens is 1. The van der Waals surface area contributed by atoms with Crippen LogP contribution in [0.3, 0.4) is 0 Å². The third-order valence-corrected chi connectivity index (χ3v) is 5.91. The van der Waals surface area contributed by atoms with Crippen LogP contribution in [0, 0.1) is 0 Å². The van der Waals surface area contributed by atoms with Crippen LogP contribution in [0.4, 0.5) is 10.8 Å². The highest BCUT2D eigenvalue weighted by Gasteiger charge is 2.14. The predicted octanol–water partition coefficient (Wildman–Crippen LogP) is 0.726. The van der Waals surface area contributed by atoms with Crippen molar-refractivity contribution in [2.45, 2.75) is 10.9 Å². The first-order valence-corrected chi connectivity index (χ1v) is 9.97. The molecule has 0 radical (unpaired) electrons. The first-order chi connectivity index (χ1) is 12.2. The Balaban J connectivity index is 1.44. The SMILES string of the molecule is CNc1nnc(SCC(=O)Nc2ccc(C[NH+]3CCOCC3)cc2)s1. The van der Waals surface area contributed by atoms with Crippen LogP contribution in [0.15, 0.2) is 28.6 Å². The van der Waals surface area contributed by atoms with Crippen LogP contribution in [0.2, 0.25) is 0 Å². The number of aromatic nitrogens is 2. The standard InChI is InChI=1S/C16H21N5O2S2/c1-17-15-19-20-16(25-15)24-11-14(22)18-13-4-2-12(3-5-13)10-21-6-8-23-9-7-21/h2-5H,6-11H2,1H3,(H,17,19)(H,18,22)/p+1. The van der Waals surface area contributed by atoms with Gasteiger partial charge in [-0.05, 0) is 12.1 Å². The van der Waals surface area contributed by atoms with Crippen molar-refractivity contribution in [2.24, 2.45) is 0 Å². The number of morpholine rings is 1. The van der Waals surface area contributed by atoms with Gasteiger partial charge in [-0.15, -0.1) is 10.2 Å². The quantitative estimate of drug-likeness (QED) is 0.615. The highest BCUT2D eigenvalue weighted by atomic mass is 32.2. The molecule has 2 aromatic rings. The summed E-state index contributed by atoms with van der Waals surface area (Å²) in [5.41, 5.74) is 2.09. The van der Waals surface area contributed by atoms with Gasteiger partial charge in [-0.2, -0.15) is 0 Å². The molecule has 7 nitrogen and oxygen atoms in total. The van der Waals surface area contributed by atoms with Crippen LogP contribution >= 0.6 is 23.1 Å². The summed E-state index contributed by atoms with van der Waals surface area (Å²) in [6.07, 6.45) is 0. The Morgan fingerprint density at radius 1 is 1.28 bits per heavy atom. The van der Waals surface area contributed by atoms with Gasteiger partial charge in [0, 0.05) is 18.3 Å². The van der Waals surface area contributed by atoms with Crippen LogP contribution in [0.5, 0.6) is 0 Å². The van der Waals surface area contributed by atoms with Crippen molar-refractivity contribution in [3.63, 3.8) is 0 Å². The number of carbonyl (C=O) groups is 1. The molecule has 2 heterocycles. The number of thioether (sulfide) groups is 1. The maximum absolute atomic E-state index is 12.1. The van der Waals surface area contributed by atoms with E-state index in [0.717, 1.165) is 48.0 Å². The third kappa shape index (κ3) is 5.67. The molecule has 25 heavy (non-hydrogen) atoms. The molecule has 1 saturated heterocycles. The van der Waals surface area contributed by atoms with Gasteiger partial charge < -0.3 is 20.3 Å². The van der Waals surface area contributed by atoms with E-state index in [0.29, 0.717) is 5.75 Å². The van der Waals surface area contributed by atoms with Gasteiger partial charge in [0.15, 0.2) is 4.34 Å². The lowest BCUT2D eigenvalue weighted by atomic mass is 10.2. The van der Waals surface area contributed by atoms with Gasteiger partial charge in [0.2, 0.25) is 11.0 Å². The van der Waals surface area contributed by atoms with E-state index in [1.165, 1.54) is 33.6 Å². The first kappa shape index (κ1) is 18.1. The summed E-state index contributed by atoms with van der Waals surface area (Å²) in [4.78, 5) is 13.6. The highest BCUT2D eigenvalue weighted by Crippen LogP contribution is 2.25. The van der Waals surface area contributed by atoms with E-state index in [4.69, 9.17) is 4.74 Å². The largest absolute Gasteiger partial charge is 0.370 e. The normalized spacial score (nSPS) is 15.1. The molecule has 1 aliphatic heterocycles. The molecule has 3 rings (SSSR count). The zero-order valence-electron chi connectivity index (χ0n) is 14.1. The van der Waals surface area contributed by atoms with Gasteiger partial charge >= 0.3 is 0 Å². The number of nitrogens with zero attached hydrogens (tertiary/aromatic N) is 2. The molecule has 1 aromatic heterocycles. The third-order valence-electron chi connectivity index (χ3n) is 3.84. The van der Waals surface area contributed by atoms with E-state index in [-0.39, 0.29) is 5.91 Å². The Hall–Kier alpha value is -1.68. The summed E-state index contributed by atoms with van der Waals surface area (Å²) < 4.78 is 6.16. The van der Waals surface area contributed by atoms with E-state index < -0.39 is 0 Å². The van der Waals surface area contributed by atoms with Gasteiger partial charge in [0.25, 0.3) is 0 Å². The number of hydrogen-bond acceptors (Lipinski definition) is 7. The molecular weight excluding hydrogens is 358 g/mol. The number of nitrogens with one attached hydrogen (secondary N) is 3. The van der Waals surface area contributed by atoms with Gasteiger partial charge in [0.1, 0.15) is 19.6 Å². The minimum Gasteiger partial charge on any atom is -0.370 e. The molecule has 0 unspecified atom stereocenters. The van der Waals surface area contributed by atoms with Crippen molar-refractivity contribution >= 4 is 39.8 Å². The van der Waals surface area contributed by atoms with E-state index in [9.17, 15) is 4.79 Å². The second-order valence-electron chi connectivity index (χ2n) is 5.70. The van der Waals surface area contributed by atoms with Gasteiger partial charge in [-0.3, -0.25) is 4.79 Å². The Morgan fingerprint density at radius 2 is 2.04 bits per heavy atom. The average molecular weight is 381 g/mol. The summed E-state index contributed by atoms with van der Waals surface area (Å²) in [5.74, 6) is 0.274. The van der Waals surface area contributed by atoms with Crippen LogP contribution in [0.25, 0.3) is 0 Å². The van der Waals surface area contributed by atoms with E-state index in [2.05, 4.69) is 33.0 Å². The topological polar surface area (TPSA) is 80.6 Å². The molecule has 0 saturated carbocycles. The number of hydrogen-bond donors (Lipinski definition) is 3. The molecular formula is C16H22N5O2S2+. The second-order valence-corrected chi connectivity index (χ2v) is 7.90. The Kier molecular flexibility index (Phi) is 6.62. The molecule has 3 N–H and O–H groups in total.